The van der Waals surface area contributed by atoms with Crippen LogP contribution in [0.15, 0.2) is 48.6 Å². The zero-order valence-electron chi connectivity index (χ0n) is 38.2. The van der Waals surface area contributed by atoms with Crippen LogP contribution < -0.4 is 5.11 Å². The van der Waals surface area contributed by atoms with Crippen molar-refractivity contribution in [1.82, 2.24) is 0 Å². The fourth-order valence-corrected chi connectivity index (χ4v) is 6.72. The molecular formula is C50H89NO7. The van der Waals surface area contributed by atoms with Crippen molar-refractivity contribution in [3.05, 3.63) is 48.6 Å². The largest absolute Gasteiger partial charge is 0.544 e. The Morgan fingerprint density at radius 3 is 1.50 bits per heavy atom. The Morgan fingerprint density at radius 2 is 0.983 bits per heavy atom. The first-order valence-electron chi connectivity index (χ1n) is 23.7. The summed E-state index contributed by atoms with van der Waals surface area (Å²) in [6, 6.07) is -0.732. The van der Waals surface area contributed by atoms with E-state index in [1.165, 1.54) is 103 Å². The first kappa shape index (κ1) is 55.3. The second kappa shape index (κ2) is 41.0. The summed E-state index contributed by atoms with van der Waals surface area (Å²) in [7, 11) is 5.39. The van der Waals surface area contributed by atoms with E-state index in [0.29, 0.717) is 12.8 Å². The standard InChI is InChI=1S/C50H89NO7/c1-6-8-10-12-14-16-18-19-20-21-22-23-24-25-26-27-28-29-31-33-35-37-39-41-49(53)58-46(44-56-43-42-47(50(54)55)51(3,4)5)45-57-48(52)40-38-36-34-32-30-17-15-13-11-9-7-2/h13,15,17,22-23,25-26,30,46-47H,6-12,14,16,18-21,24,27-29,31-45H2,1-5H3/b15-13+,23-22+,26-25+,30-17+. The number of rotatable bonds is 42. The third-order valence-corrected chi connectivity index (χ3v) is 10.5. The van der Waals surface area contributed by atoms with Crippen molar-refractivity contribution in [2.45, 2.75) is 212 Å². The van der Waals surface area contributed by atoms with Crippen molar-refractivity contribution in [3.63, 3.8) is 0 Å². The number of quaternary nitrogens is 1. The second-order valence-corrected chi connectivity index (χ2v) is 17.0. The molecule has 0 saturated carbocycles. The first-order chi connectivity index (χ1) is 28.1. The summed E-state index contributed by atoms with van der Waals surface area (Å²) in [6.45, 7) is 4.57. The molecule has 0 bridgehead atoms. The molecule has 0 heterocycles. The third-order valence-electron chi connectivity index (χ3n) is 10.5. The molecule has 0 fully saturated rings. The minimum absolute atomic E-state index is 0.0282. The van der Waals surface area contributed by atoms with Crippen molar-refractivity contribution >= 4 is 17.9 Å². The summed E-state index contributed by atoms with van der Waals surface area (Å²) in [6.07, 6.45) is 48.6. The van der Waals surface area contributed by atoms with Gasteiger partial charge in [-0.25, -0.2) is 0 Å². The van der Waals surface area contributed by atoms with E-state index in [1.807, 2.05) is 0 Å². The average molecular weight is 816 g/mol. The highest BCUT2D eigenvalue weighted by Crippen LogP contribution is 2.14. The molecule has 0 aromatic heterocycles. The van der Waals surface area contributed by atoms with Crippen LogP contribution in [0.5, 0.6) is 0 Å². The Hall–Kier alpha value is -2.71. The summed E-state index contributed by atoms with van der Waals surface area (Å²) < 4.78 is 17.1. The summed E-state index contributed by atoms with van der Waals surface area (Å²) in [5.41, 5.74) is 0. The van der Waals surface area contributed by atoms with Gasteiger partial charge in [-0.15, -0.1) is 0 Å². The molecular weight excluding hydrogens is 727 g/mol. The fourth-order valence-electron chi connectivity index (χ4n) is 6.72. The lowest BCUT2D eigenvalue weighted by atomic mass is 10.1. The lowest BCUT2D eigenvalue weighted by Crippen LogP contribution is -2.55. The lowest BCUT2D eigenvalue weighted by Gasteiger charge is -2.34. The lowest BCUT2D eigenvalue weighted by molar-refractivity contribution is -0.889. The highest BCUT2D eigenvalue weighted by molar-refractivity contribution is 5.70. The molecule has 8 nitrogen and oxygen atoms in total. The van der Waals surface area contributed by atoms with Crippen LogP contribution in [-0.2, 0) is 28.6 Å². The van der Waals surface area contributed by atoms with Gasteiger partial charge in [0, 0.05) is 19.3 Å². The number of hydrogen-bond acceptors (Lipinski definition) is 7. The molecule has 2 atom stereocenters. The summed E-state index contributed by atoms with van der Waals surface area (Å²) in [5, 5.41) is 11.6. The molecule has 0 aliphatic carbocycles. The maximum Gasteiger partial charge on any atom is 0.306 e. The molecule has 0 aromatic rings. The summed E-state index contributed by atoms with van der Waals surface area (Å²) in [4.78, 5) is 36.8. The number of carboxylic acids is 1. The number of carbonyl (C=O) groups is 3. The van der Waals surface area contributed by atoms with Crippen molar-refractivity contribution in [2.75, 3.05) is 41.0 Å². The predicted molar refractivity (Wildman–Crippen MR) is 240 cm³/mol. The number of ether oxygens (including phenoxy) is 3. The van der Waals surface area contributed by atoms with E-state index in [4.69, 9.17) is 14.2 Å². The van der Waals surface area contributed by atoms with Gasteiger partial charge in [-0.1, -0.05) is 165 Å². The summed E-state index contributed by atoms with van der Waals surface area (Å²) in [5.74, 6) is -1.78. The van der Waals surface area contributed by atoms with Gasteiger partial charge in [0.2, 0.25) is 0 Å². The van der Waals surface area contributed by atoms with E-state index in [0.717, 1.165) is 64.2 Å². The minimum Gasteiger partial charge on any atom is -0.544 e. The Bertz CT molecular complexity index is 1090. The van der Waals surface area contributed by atoms with Gasteiger partial charge >= 0.3 is 11.9 Å². The van der Waals surface area contributed by atoms with Gasteiger partial charge in [0.1, 0.15) is 12.6 Å². The Kier molecular flexibility index (Phi) is 39.1. The van der Waals surface area contributed by atoms with E-state index in [1.54, 1.807) is 21.1 Å². The van der Waals surface area contributed by atoms with Crippen LogP contribution >= 0.6 is 0 Å². The van der Waals surface area contributed by atoms with Crippen LogP contribution in [0.1, 0.15) is 200 Å². The SMILES string of the molecule is CCCC/C=C/C=C/CCCCCC(=O)OCC(COCCC(C(=O)[O-])[N+](C)(C)C)OC(=O)CCCCCCCCC/C=C/C/C=C/CCCCCCCCCCC. The summed E-state index contributed by atoms with van der Waals surface area (Å²) >= 11 is 0. The molecule has 0 aliphatic heterocycles. The molecule has 0 aromatic carbocycles. The normalized spacial score (nSPS) is 13.3. The Balaban J connectivity index is 4.26. The van der Waals surface area contributed by atoms with Crippen LogP contribution in [0.3, 0.4) is 0 Å². The molecule has 0 rings (SSSR count). The number of esters is 2. The van der Waals surface area contributed by atoms with Gasteiger partial charge in [0.15, 0.2) is 6.10 Å². The van der Waals surface area contributed by atoms with Gasteiger partial charge in [0.05, 0.1) is 40.3 Å². The van der Waals surface area contributed by atoms with Crippen molar-refractivity contribution < 1.29 is 38.2 Å². The third kappa shape index (κ3) is 38.8. The van der Waals surface area contributed by atoms with Crippen molar-refractivity contribution in [1.29, 1.82) is 0 Å². The Labute approximate surface area is 356 Å². The zero-order valence-corrected chi connectivity index (χ0v) is 38.2. The monoisotopic (exact) mass is 816 g/mol. The van der Waals surface area contributed by atoms with Gasteiger partial charge in [-0.2, -0.15) is 0 Å². The molecule has 8 heteroatoms. The molecule has 2 unspecified atom stereocenters. The van der Waals surface area contributed by atoms with E-state index in [-0.39, 0.29) is 42.7 Å². The highest BCUT2D eigenvalue weighted by atomic mass is 16.6. The second-order valence-electron chi connectivity index (χ2n) is 17.0. The number of likely N-dealkylation sites (N-methyl/N-ethyl adjacent to an activating group) is 1. The van der Waals surface area contributed by atoms with Gasteiger partial charge in [-0.05, 0) is 64.2 Å². The van der Waals surface area contributed by atoms with E-state index >= 15 is 0 Å². The number of unbranched alkanes of at least 4 members (excludes halogenated alkanes) is 21. The van der Waals surface area contributed by atoms with Crippen molar-refractivity contribution in [3.8, 4) is 0 Å². The van der Waals surface area contributed by atoms with Crippen LogP contribution in [0.25, 0.3) is 0 Å². The molecule has 0 aliphatic rings. The minimum atomic E-state index is -1.13. The zero-order chi connectivity index (χ0) is 42.8. The number of nitrogens with zero attached hydrogens (tertiary/aromatic N) is 1. The Morgan fingerprint density at radius 1 is 0.534 bits per heavy atom. The highest BCUT2D eigenvalue weighted by Gasteiger charge is 2.25. The molecule has 0 amide bonds. The quantitative estimate of drug-likeness (QED) is 0.0199. The van der Waals surface area contributed by atoms with Crippen LogP contribution in [0, 0.1) is 0 Å². The van der Waals surface area contributed by atoms with Gasteiger partial charge in [0.25, 0.3) is 0 Å². The molecule has 58 heavy (non-hydrogen) atoms. The van der Waals surface area contributed by atoms with Crippen LogP contribution in [-0.4, -0.2) is 75.5 Å². The number of carbonyl (C=O) groups excluding carboxylic acids is 3. The predicted octanol–water partition coefficient (Wildman–Crippen LogP) is 11.9. The molecule has 0 spiro atoms. The topological polar surface area (TPSA) is 102 Å². The van der Waals surface area contributed by atoms with E-state index in [2.05, 4.69) is 62.5 Å². The van der Waals surface area contributed by atoms with Crippen LogP contribution in [0.4, 0.5) is 0 Å². The molecule has 0 N–H and O–H groups in total. The number of aliphatic carboxylic acids is 1. The first-order valence-corrected chi connectivity index (χ1v) is 23.7. The van der Waals surface area contributed by atoms with Crippen LogP contribution in [0.2, 0.25) is 0 Å². The van der Waals surface area contributed by atoms with Crippen molar-refractivity contribution in [2.24, 2.45) is 0 Å². The molecule has 336 valence electrons. The maximum atomic E-state index is 12.7. The maximum absolute atomic E-state index is 12.7. The number of carboxylic acid groups (broad SMARTS) is 1. The number of hydrogen-bond donors (Lipinski definition) is 0. The van der Waals surface area contributed by atoms with E-state index in [9.17, 15) is 19.5 Å². The number of allylic oxidation sites excluding steroid dienone is 8. The van der Waals surface area contributed by atoms with Gasteiger partial charge < -0.3 is 28.6 Å². The van der Waals surface area contributed by atoms with E-state index < -0.39 is 18.1 Å². The van der Waals surface area contributed by atoms with Gasteiger partial charge in [-0.3, -0.25) is 9.59 Å². The smallest absolute Gasteiger partial charge is 0.306 e. The molecule has 0 saturated heterocycles. The average Bonchev–Trinajstić information content (AvgIpc) is 3.18. The fraction of sp³-hybridized carbons (Fsp3) is 0.780. The molecule has 0 radical (unpaired) electrons.